The van der Waals surface area contributed by atoms with E-state index in [4.69, 9.17) is 9.72 Å². The number of fused-ring (bicyclic) bond motifs is 1. The van der Waals surface area contributed by atoms with Crippen LogP contribution >= 0.6 is 0 Å². The zero-order valence-corrected chi connectivity index (χ0v) is 17.8. The van der Waals surface area contributed by atoms with E-state index in [9.17, 15) is 4.39 Å². The molecule has 1 aromatic carbocycles. The first kappa shape index (κ1) is 20.1. The quantitative estimate of drug-likeness (QED) is 0.392. The standard InChI is InChI=1S/C23H22FN7O/c1-29-14-17(12-26-29)20-11-22-25-8-9-30(22)23(28-20)18-13-27-31(15-18)21(7-10-32-2)16-3-5-19(24)6-4-16/h3-6,8-9,11-15,21H,7,10H2,1-2H3. The fourth-order valence-electron chi connectivity index (χ4n) is 3.82. The molecule has 0 saturated carbocycles. The number of rotatable bonds is 7. The van der Waals surface area contributed by atoms with Crippen molar-refractivity contribution in [1.82, 2.24) is 33.9 Å². The van der Waals surface area contributed by atoms with E-state index in [-0.39, 0.29) is 11.9 Å². The summed E-state index contributed by atoms with van der Waals surface area (Å²) in [4.78, 5) is 9.34. The van der Waals surface area contributed by atoms with E-state index in [0.29, 0.717) is 13.0 Å². The van der Waals surface area contributed by atoms with E-state index in [1.165, 1.54) is 12.1 Å². The van der Waals surface area contributed by atoms with E-state index in [1.54, 1.807) is 42.5 Å². The number of halogens is 1. The SMILES string of the molecule is COCCC(c1ccc(F)cc1)n1cc(-c2nc(-c3cnn(C)c3)cc3nccn23)cn1. The van der Waals surface area contributed by atoms with Gasteiger partial charge in [0.1, 0.15) is 17.3 Å². The summed E-state index contributed by atoms with van der Waals surface area (Å²) in [6.45, 7) is 0.553. The first-order chi connectivity index (χ1) is 15.6. The van der Waals surface area contributed by atoms with Gasteiger partial charge in [-0.3, -0.25) is 13.8 Å². The highest BCUT2D eigenvalue weighted by Crippen LogP contribution is 2.27. The second kappa shape index (κ2) is 8.35. The van der Waals surface area contributed by atoms with Gasteiger partial charge in [0.05, 0.1) is 29.7 Å². The van der Waals surface area contributed by atoms with Crippen molar-refractivity contribution in [3.05, 3.63) is 78.9 Å². The molecule has 162 valence electrons. The lowest BCUT2D eigenvalue weighted by Crippen LogP contribution is -2.13. The molecule has 0 aliphatic carbocycles. The average Bonchev–Trinajstić information content (AvgIpc) is 3.55. The number of methoxy groups -OCH3 is 1. The Balaban J connectivity index is 1.57. The van der Waals surface area contributed by atoms with Crippen LogP contribution in [0.1, 0.15) is 18.0 Å². The van der Waals surface area contributed by atoms with Gasteiger partial charge in [-0.15, -0.1) is 0 Å². The molecule has 0 aliphatic rings. The summed E-state index contributed by atoms with van der Waals surface area (Å²) in [6.07, 6.45) is 11.8. The van der Waals surface area contributed by atoms with Crippen LogP contribution in [0.15, 0.2) is 67.5 Å². The van der Waals surface area contributed by atoms with Gasteiger partial charge in [-0.2, -0.15) is 10.2 Å². The fourth-order valence-corrected chi connectivity index (χ4v) is 3.82. The molecular formula is C23H22FN7O. The minimum Gasteiger partial charge on any atom is -0.385 e. The monoisotopic (exact) mass is 431 g/mol. The van der Waals surface area contributed by atoms with Crippen LogP contribution in [-0.2, 0) is 11.8 Å². The number of benzene rings is 1. The maximum atomic E-state index is 13.5. The van der Waals surface area contributed by atoms with Gasteiger partial charge >= 0.3 is 0 Å². The lowest BCUT2D eigenvalue weighted by atomic mass is 10.0. The molecule has 4 aromatic heterocycles. The molecule has 0 fully saturated rings. The third-order valence-electron chi connectivity index (χ3n) is 5.42. The molecule has 5 aromatic rings. The Hall–Kier alpha value is -3.85. The van der Waals surface area contributed by atoms with Crippen molar-refractivity contribution < 1.29 is 9.13 Å². The van der Waals surface area contributed by atoms with Crippen LogP contribution in [0.5, 0.6) is 0 Å². The Bertz CT molecular complexity index is 1350. The normalized spacial score (nSPS) is 12.5. The second-order valence-electron chi connectivity index (χ2n) is 7.58. The second-order valence-corrected chi connectivity index (χ2v) is 7.58. The summed E-state index contributed by atoms with van der Waals surface area (Å²) >= 11 is 0. The van der Waals surface area contributed by atoms with E-state index in [1.807, 2.05) is 40.8 Å². The minimum atomic E-state index is -0.265. The van der Waals surface area contributed by atoms with Crippen LogP contribution in [0.25, 0.3) is 28.3 Å². The van der Waals surface area contributed by atoms with Crippen LogP contribution in [0.4, 0.5) is 4.39 Å². The van der Waals surface area contributed by atoms with Gasteiger partial charge in [-0.25, -0.2) is 14.4 Å². The highest BCUT2D eigenvalue weighted by atomic mass is 19.1. The molecule has 0 N–H and O–H groups in total. The highest BCUT2D eigenvalue weighted by molar-refractivity contribution is 5.68. The third-order valence-corrected chi connectivity index (χ3v) is 5.42. The van der Waals surface area contributed by atoms with Crippen molar-refractivity contribution in [3.8, 4) is 22.6 Å². The van der Waals surface area contributed by atoms with Crippen molar-refractivity contribution in [3.63, 3.8) is 0 Å². The van der Waals surface area contributed by atoms with Crippen molar-refractivity contribution in [2.45, 2.75) is 12.5 Å². The molecule has 4 heterocycles. The van der Waals surface area contributed by atoms with Gasteiger partial charge in [0.25, 0.3) is 0 Å². The number of aryl methyl sites for hydroxylation is 1. The van der Waals surface area contributed by atoms with Crippen LogP contribution < -0.4 is 0 Å². The van der Waals surface area contributed by atoms with E-state index < -0.39 is 0 Å². The van der Waals surface area contributed by atoms with Crippen molar-refractivity contribution in [2.24, 2.45) is 7.05 Å². The molecule has 1 atom stereocenters. The lowest BCUT2D eigenvalue weighted by molar-refractivity contribution is 0.182. The zero-order chi connectivity index (χ0) is 22.1. The molecule has 5 rings (SSSR count). The Morgan fingerprint density at radius 1 is 1.06 bits per heavy atom. The molecule has 0 spiro atoms. The summed E-state index contributed by atoms with van der Waals surface area (Å²) in [7, 11) is 3.54. The fraction of sp³-hybridized carbons (Fsp3) is 0.217. The molecule has 8 nitrogen and oxygen atoms in total. The number of imidazole rings is 1. The highest BCUT2D eigenvalue weighted by Gasteiger charge is 2.18. The van der Waals surface area contributed by atoms with E-state index >= 15 is 0 Å². The predicted molar refractivity (Wildman–Crippen MR) is 117 cm³/mol. The molecule has 0 saturated heterocycles. The van der Waals surface area contributed by atoms with Gasteiger partial charge in [-0.1, -0.05) is 12.1 Å². The molecule has 0 radical (unpaired) electrons. The number of hydrogen-bond donors (Lipinski definition) is 0. The van der Waals surface area contributed by atoms with Gasteiger partial charge in [0.2, 0.25) is 0 Å². The molecule has 0 bridgehead atoms. The lowest BCUT2D eigenvalue weighted by Gasteiger charge is -2.18. The summed E-state index contributed by atoms with van der Waals surface area (Å²) < 4.78 is 24.3. The number of hydrogen-bond acceptors (Lipinski definition) is 5. The largest absolute Gasteiger partial charge is 0.385 e. The van der Waals surface area contributed by atoms with Crippen molar-refractivity contribution >= 4 is 5.65 Å². The first-order valence-corrected chi connectivity index (χ1v) is 10.2. The van der Waals surface area contributed by atoms with Gasteiger partial charge < -0.3 is 4.74 Å². The molecule has 32 heavy (non-hydrogen) atoms. The van der Waals surface area contributed by atoms with Crippen molar-refractivity contribution in [1.29, 1.82) is 0 Å². The number of nitrogens with zero attached hydrogens (tertiary/aromatic N) is 7. The van der Waals surface area contributed by atoms with Crippen LogP contribution in [0, 0.1) is 5.82 Å². The molecule has 1 unspecified atom stereocenters. The number of ether oxygens (including phenoxy) is 1. The third kappa shape index (κ3) is 3.78. The Morgan fingerprint density at radius 2 is 1.88 bits per heavy atom. The summed E-state index contributed by atoms with van der Waals surface area (Å²) in [6, 6.07) is 8.34. The molecule has 9 heteroatoms. The first-order valence-electron chi connectivity index (χ1n) is 10.2. The minimum absolute atomic E-state index is 0.0934. The maximum absolute atomic E-state index is 13.5. The Morgan fingerprint density at radius 3 is 2.62 bits per heavy atom. The van der Waals surface area contributed by atoms with E-state index in [2.05, 4.69) is 15.2 Å². The van der Waals surface area contributed by atoms with Gasteiger partial charge in [0.15, 0.2) is 0 Å². The van der Waals surface area contributed by atoms with E-state index in [0.717, 1.165) is 33.9 Å². The van der Waals surface area contributed by atoms with Crippen LogP contribution in [0.3, 0.4) is 0 Å². The Kier molecular flexibility index (Phi) is 5.24. The zero-order valence-electron chi connectivity index (χ0n) is 17.8. The molecule has 0 aliphatic heterocycles. The average molecular weight is 431 g/mol. The van der Waals surface area contributed by atoms with Crippen molar-refractivity contribution in [2.75, 3.05) is 13.7 Å². The molecule has 0 amide bonds. The van der Waals surface area contributed by atoms with Crippen LogP contribution in [0.2, 0.25) is 0 Å². The maximum Gasteiger partial charge on any atom is 0.149 e. The van der Waals surface area contributed by atoms with Gasteiger partial charge in [0, 0.05) is 57.2 Å². The molecular weight excluding hydrogens is 409 g/mol. The predicted octanol–water partition coefficient (Wildman–Crippen LogP) is 3.76. The van der Waals surface area contributed by atoms with Gasteiger partial charge in [-0.05, 0) is 24.1 Å². The Labute approximate surface area is 183 Å². The topological polar surface area (TPSA) is 75.1 Å². The number of aromatic nitrogens is 7. The van der Waals surface area contributed by atoms with Crippen LogP contribution in [-0.4, -0.2) is 47.6 Å². The summed E-state index contributed by atoms with van der Waals surface area (Å²) in [5.74, 6) is 0.467. The summed E-state index contributed by atoms with van der Waals surface area (Å²) in [5.41, 5.74) is 4.30. The summed E-state index contributed by atoms with van der Waals surface area (Å²) in [5, 5.41) is 8.87. The smallest absolute Gasteiger partial charge is 0.149 e.